The van der Waals surface area contributed by atoms with Crippen LogP contribution in [0.15, 0.2) is 35.3 Å². The monoisotopic (exact) mass is 532 g/mol. The molecular formula is C23H41IN4O2. The molecule has 30 heavy (non-hydrogen) atoms. The quantitative estimate of drug-likeness (QED) is 0.187. The lowest BCUT2D eigenvalue weighted by Crippen LogP contribution is -2.51. The van der Waals surface area contributed by atoms with Crippen LogP contribution in [0, 0.1) is 5.92 Å². The molecule has 2 N–H and O–H groups in total. The summed E-state index contributed by atoms with van der Waals surface area (Å²) in [5, 5.41) is 6.95. The molecule has 1 aromatic rings. The number of guanidine groups is 1. The highest BCUT2D eigenvalue weighted by Crippen LogP contribution is 2.13. The molecule has 1 fully saturated rings. The highest BCUT2D eigenvalue weighted by molar-refractivity contribution is 14.0. The van der Waals surface area contributed by atoms with Gasteiger partial charge in [-0.3, -0.25) is 9.89 Å². The molecule has 1 unspecified atom stereocenters. The number of hydrogen-bond donors (Lipinski definition) is 2. The molecule has 1 atom stereocenters. The highest BCUT2D eigenvalue weighted by Gasteiger charge is 2.22. The van der Waals surface area contributed by atoms with E-state index in [1.807, 2.05) is 25.2 Å². The van der Waals surface area contributed by atoms with Crippen LogP contribution in [0.1, 0.15) is 38.7 Å². The predicted octanol–water partition coefficient (Wildman–Crippen LogP) is 3.51. The molecule has 0 aliphatic carbocycles. The van der Waals surface area contributed by atoms with Gasteiger partial charge < -0.3 is 20.1 Å². The summed E-state index contributed by atoms with van der Waals surface area (Å²) in [6, 6.07) is 10.8. The summed E-state index contributed by atoms with van der Waals surface area (Å²) in [4.78, 5) is 6.93. The lowest BCUT2D eigenvalue weighted by Gasteiger charge is -2.35. The van der Waals surface area contributed by atoms with Crippen LogP contribution in [-0.4, -0.2) is 69.9 Å². The molecule has 0 radical (unpaired) electrons. The van der Waals surface area contributed by atoms with Gasteiger partial charge in [-0.25, -0.2) is 0 Å². The Morgan fingerprint density at radius 2 is 1.87 bits per heavy atom. The van der Waals surface area contributed by atoms with Gasteiger partial charge >= 0.3 is 0 Å². The van der Waals surface area contributed by atoms with Gasteiger partial charge in [0.25, 0.3) is 0 Å². The van der Waals surface area contributed by atoms with E-state index in [0.29, 0.717) is 18.6 Å². The standard InChI is InChI=1S/C23H40N4O2.HI/c1-20(2)17-22(27-12-15-28-16-13-27)18-26-23(24-3)25-11-7-8-14-29-19-21-9-5-4-6-10-21;/h4-6,9-10,20,22H,7-8,11-19H2,1-3H3,(H2,24,25,26);1H. The third kappa shape index (κ3) is 11.5. The lowest BCUT2D eigenvalue weighted by molar-refractivity contribution is 0.0132. The molecule has 1 aliphatic heterocycles. The number of benzene rings is 1. The number of rotatable bonds is 12. The van der Waals surface area contributed by atoms with Crippen LogP contribution in [0.3, 0.4) is 0 Å². The van der Waals surface area contributed by atoms with Crippen molar-refractivity contribution < 1.29 is 9.47 Å². The van der Waals surface area contributed by atoms with Gasteiger partial charge in [0.05, 0.1) is 19.8 Å². The minimum absolute atomic E-state index is 0. The van der Waals surface area contributed by atoms with Gasteiger partial charge in [-0.15, -0.1) is 24.0 Å². The normalized spacial score (nSPS) is 16.2. The second kappa shape index (κ2) is 16.8. The third-order valence-corrected chi connectivity index (χ3v) is 5.15. The van der Waals surface area contributed by atoms with Crippen molar-refractivity contribution in [3.63, 3.8) is 0 Å². The number of aliphatic imine (C=N–C) groups is 1. The van der Waals surface area contributed by atoms with Crippen molar-refractivity contribution in [1.29, 1.82) is 0 Å². The average Bonchev–Trinajstić information content (AvgIpc) is 2.75. The van der Waals surface area contributed by atoms with E-state index < -0.39 is 0 Å². The maximum absolute atomic E-state index is 5.75. The van der Waals surface area contributed by atoms with Gasteiger partial charge in [0.15, 0.2) is 5.96 Å². The molecule has 2 rings (SSSR count). The summed E-state index contributed by atoms with van der Waals surface area (Å²) in [7, 11) is 1.84. The Labute approximate surface area is 200 Å². The summed E-state index contributed by atoms with van der Waals surface area (Å²) in [5.41, 5.74) is 1.23. The molecule has 7 heteroatoms. The molecule has 1 aliphatic rings. The van der Waals surface area contributed by atoms with E-state index in [4.69, 9.17) is 9.47 Å². The molecule has 0 spiro atoms. The van der Waals surface area contributed by atoms with Gasteiger partial charge in [-0.1, -0.05) is 44.2 Å². The summed E-state index contributed by atoms with van der Waals surface area (Å²) in [6.45, 7) is 11.6. The molecule has 1 saturated heterocycles. The second-order valence-corrected chi connectivity index (χ2v) is 8.06. The number of hydrogen-bond acceptors (Lipinski definition) is 4. The Kier molecular flexibility index (Phi) is 15.2. The van der Waals surface area contributed by atoms with Crippen LogP contribution in [0.25, 0.3) is 0 Å². The summed E-state index contributed by atoms with van der Waals surface area (Å²) >= 11 is 0. The van der Waals surface area contributed by atoms with Crippen molar-refractivity contribution in [2.75, 3.05) is 53.0 Å². The predicted molar refractivity (Wildman–Crippen MR) is 136 cm³/mol. The van der Waals surface area contributed by atoms with Crippen LogP contribution in [-0.2, 0) is 16.1 Å². The van der Waals surface area contributed by atoms with E-state index in [2.05, 4.69) is 46.5 Å². The fourth-order valence-corrected chi connectivity index (χ4v) is 3.58. The zero-order chi connectivity index (χ0) is 20.7. The summed E-state index contributed by atoms with van der Waals surface area (Å²) in [6.07, 6.45) is 3.29. The number of morpholine rings is 1. The van der Waals surface area contributed by atoms with Gasteiger partial charge in [-0.2, -0.15) is 0 Å². The van der Waals surface area contributed by atoms with Crippen molar-refractivity contribution in [2.24, 2.45) is 10.9 Å². The van der Waals surface area contributed by atoms with Gasteiger partial charge in [0.2, 0.25) is 0 Å². The Morgan fingerprint density at radius 3 is 2.53 bits per heavy atom. The van der Waals surface area contributed by atoms with E-state index in [9.17, 15) is 0 Å². The minimum Gasteiger partial charge on any atom is -0.379 e. The molecule has 1 heterocycles. The van der Waals surface area contributed by atoms with Crippen molar-refractivity contribution in [2.45, 2.75) is 45.8 Å². The second-order valence-electron chi connectivity index (χ2n) is 8.06. The summed E-state index contributed by atoms with van der Waals surface area (Å²) in [5.74, 6) is 1.56. The maximum Gasteiger partial charge on any atom is 0.191 e. The van der Waals surface area contributed by atoms with Gasteiger partial charge in [-0.05, 0) is 30.7 Å². The lowest BCUT2D eigenvalue weighted by atomic mass is 10.0. The zero-order valence-electron chi connectivity index (χ0n) is 18.9. The molecule has 6 nitrogen and oxygen atoms in total. The van der Waals surface area contributed by atoms with E-state index in [1.165, 1.54) is 12.0 Å². The summed E-state index contributed by atoms with van der Waals surface area (Å²) < 4.78 is 11.3. The zero-order valence-corrected chi connectivity index (χ0v) is 21.3. The molecule has 0 saturated carbocycles. The van der Waals surface area contributed by atoms with Crippen LogP contribution < -0.4 is 10.6 Å². The molecular weight excluding hydrogens is 491 g/mol. The first-order chi connectivity index (χ1) is 14.2. The average molecular weight is 533 g/mol. The van der Waals surface area contributed by atoms with Crippen molar-refractivity contribution in [3.05, 3.63) is 35.9 Å². The number of unbranched alkanes of at least 4 members (excludes halogenated alkanes) is 1. The van der Waals surface area contributed by atoms with E-state index in [0.717, 1.165) is 64.8 Å². The minimum atomic E-state index is 0. The smallest absolute Gasteiger partial charge is 0.191 e. The number of nitrogens with one attached hydrogen (secondary N) is 2. The Bertz CT molecular complexity index is 566. The molecule has 0 aromatic heterocycles. The molecule has 0 bridgehead atoms. The van der Waals surface area contributed by atoms with E-state index in [1.54, 1.807) is 0 Å². The van der Waals surface area contributed by atoms with Gasteiger partial charge in [0.1, 0.15) is 0 Å². The van der Waals surface area contributed by atoms with Crippen LogP contribution >= 0.6 is 24.0 Å². The molecule has 0 amide bonds. The topological polar surface area (TPSA) is 58.1 Å². The first kappa shape index (κ1) is 27.1. The van der Waals surface area contributed by atoms with Gasteiger partial charge in [0, 0.05) is 45.9 Å². The van der Waals surface area contributed by atoms with Crippen molar-refractivity contribution >= 4 is 29.9 Å². The fourth-order valence-electron chi connectivity index (χ4n) is 3.58. The first-order valence-electron chi connectivity index (χ1n) is 11.1. The Balaban J connectivity index is 0.00000450. The van der Waals surface area contributed by atoms with E-state index >= 15 is 0 Å². The van der Waals surface area contributed by atoms with E-state index in [-0.39, 0.29) is 24.0 Å². The van der Waals surface area contributed by atoms with Crippen LogP contribution in [0.5, 0.6) is 0 Å². The SMILES string of the molecule is CN=C(NCCCCOCc1ccccc1)NCC(CC(C)C)N1CCOCC1.I. The fraction of sp³-hybridized carbons (Fsp3) is 0.696. The first-order valence-corrected chi connectivity index (χ1v) is 11.1. The van der Waals surface area contributed by atoms with Crippen molar-refractivity contribution in [3.8, 4) is 0 Å². The largest absolute Gasteiger partial charge is 0.379 e. The van der Waals surface area contributed by atoms with Crippen LogP contribution in [0.2, 0.25) is 0 Å². The van der Waals surface area contributed by atoms with Crippen LogP contribution in [0.4, 0.5) is 0 Å². The maximum atomic E-state index is 5.75. The number of ether oxygens (including phenoxy) is 2. The molecule has 172 valence electrons. The number of nitrogens with zero attached hydrogens (tertiary/aromatic N) is 2. The Hall–Kier alpha value is -0.900. The molecule has 1 aromatic carbocycles. The Morgan fingerprint density at radius 1 is 1.13 bits per heavy atom. The number of halogens is 1. The van der Waals surface area contributed by atoms with Crippen molar-refractivity contribution in [1.82, 2.24) is 15.5 Å². The highest BCUT2D eigenvalue weighted by atomic mass is 127. The third-order valence-electron chi connectivity index (χ3n) is 5.15.